The van der Waals surface area contributed by atoms with E-state index in [4.69, 9.17) is 4.74 Å². The Kier molecular flexibility index (Phi) is 3.37. The van der Waals surface area contributed by atoms with Crippen LogP contribution >= 0.6 is 0 Å². The van der Waals surface area contributed by atoms with Crippen molar-refractivity contribution in [3.05, 3.63) is 0 Å². The predicted molar refractivity (Wildman–Crippen MR) is 53.0 cm³/mol. The average Bonchev–Trinajstić information content (AvgIpc) is 2.53. The van der Waals surface area contributed by atoms with Crippen molar-refractivity contribution in [2.75, 3.05) is 26.2 Å². The lowest BCUT2D eigenvalue weighted by Gasteiger charge is -2.25. The van der Waals surface area contributed by atoms with E-state index in [9.17, 15) is 4.79 Å². The number of rotatable bonds is 4. The minimum Gasteiger partial charge on any atom is -0.378 e. The molecule has 14 heavy (non-hydrogen) atoms. The molecule has 0 aromatic heterocycles. The van der Waals surface area contributed by atoms with Crippen molar-refractivity contribution in [3.63, 3.8) is 0 Å². The minimum atomic E-state index is 0.196. The molecule has 1 unspecified atom stereocenters. The number of ether oxygens (including phenoxy) is 1. The van der Waals surface area contributed by atoms with Gasteiger partial charge >= 0.3 is 0 Å². The fourth-order valence-corrected chi connectivity index (χ4v) is 1.85. The molecule has 4 heteroatoms. The van der Waals surface area contributed by atoms with Gasteiger partial charge in [-0.05, 0) is 19.3 Å². The van der Waals surface area contributed by atoms with Crippen molar-refractivity contribution in [1.29, 1.82) is 0 Å². The number of hydrogen-bond donors (Lipinski definition) is 2. The van der Waals surface area contributed by atoms with Crippen molar-refractivity contribution in [1.82, 2.24) is 10.6 Å². The Morgan fingerprint density at radius 3 is 2.93 bits per heavy atom. The highest BCUT2D eigenvalue weighted by Crippen LogP contribution is 2.14. The minimum absolute atomic E-state index is 0.196. The van der Waals surface area contributed by atoms with Crippen LogP contribution in [0.2, 0.25) is 0 Å². The van der Waals surface area contributed by atoms with Gasteiger partial charge < -0.3 is 15.4 Å². The van der Waals surface area contributed by atoms with E-state index in [1.165, 1.54) is 6.42 Å². The molecule has 0 aromatic rings. The molecule has 0 bridgehead atoms. The second kappa shape index (κ2) is 4.75. The van der Waals surface area contributed by atoms with Gasteiger partial charge in [0.05, 0.1) is 12.0 Å². The molecule has 80 valence electrons. The standard InChI is InChI=1S/C10H18N2O2/c13-10(8-6-11-7-8)12-4-3-9-2-1-5-14-9/h8-9,11H,1-7H2,(H,12,13). The van der Waals surface area contributed by atoms with Crippen molar-refractivity contribution in [2.24, 2.45) is 5.92 Å². The molecule has 0 saturated carbocycles. The number of carbonyl (C=O) groups is 1. The smallest absolute Gasteiger partial charge is 0.225 e. The molecule has 0 aromatic carbocycles. The first-order valence-corrected chi connectivity index (χ1v) is 5.46. The summed E-state index contributed by atoms with van der Waals surface area (Å²) in [5.41, 5.74) is 0. The van der Waals surface area contributed by atoms with E-state index < -0.39 is 0 Å². The van der Waals surface area contributed by atoms with Gasteiger partial charge in [0.15, 0.2) is 0 Å². The van der Waals surface area contributed by atoms with Crippen molar-refractivity contribution >= 4 is 5.91 Å². The first-order valence-electron chi connectivity index (χ1n) is 5.46. The highest BCUT2D eigenvalue weighted by Gasteiger charge is 2.24. The number of nitrogens with one attached hydrogen (secondary N) is 2. The molecular formula is C10H18N2O2. The second-order valence-corrected chi connectivity index (χ2v) is 4.07. The zero-order valence-corrected chi connectivity index (χ0v) is 8.42. The van der Waals surface area contributed by atoms with Gasteiger partial charge in [-0.3, -0.25) is 4.79 Å². The van der Waals surface area contributed by atoms with Crippen LogP contribution in [0.3, 0.4) is 0 Å². The van der Waals surface area contributed by atoms with Crippen LogP contribution in [0.4, 0.5) is 0 Å². The van der Waals surface area contributed by atoms with Crippen molar-refractivity contribution in [2.45, 2.75) is 25.4 Å². The maximum absolute atomic E-state index is 11.4. The van der Waals surface area contributed by atoms with Crippen LogP contribution in [0.5, 0.6) is 0 Å². The normalized spacial score (nSPS) is 27.3. The summed E-state index contributed by atoms with van der Waals surface area (Å²) in [7, 11) is 0. The predicted octanol–water partition coefficient (Wildman–Crippen LogP) is -0.109. The SMILES string of the molecule is O=C(NCCC1CCCO1)C1CNC1. The summed E-state index contributed by atoms with van der Waals surface area (Å²) in [6, 6.07) is 0. The molecule has 0 radical (unpaired) electrons. The lowest BCUT2D eigenvalue weighted by atomic mass is 10.0. The molecule has 4 nitrogen and oxygen atoms in total. The lowest BCUT2D eigenvalue weighted by molar-refractivity contribution is -0.126. The third-order valence-corrected chi connectivity index (χ3v) is 2.94. The summed E-state index contributed by atoms with van der Waals surface area (Å²) in [4.78, 5) is 11.4. The lowest BCUT2D eigenvalue weighted by Crippen LogP contribution is -2.51. The third-order valence-electron chi connectivity index (χ3n) is 2.94. The number of hydrogen-bond acceptors (Lipinski definition) is 3. The van der Waals surface area contributed by atoms with E-state index in [2.05, 4.69) is 10.6 Å². The van der Waals surface area contributed by atoms with Gasteiger partial charge in [-0.25, -0.2) is 0 Å². The Hall–Kier alpha value is -0.610. The van der Waals surface area contributed by atoms with Crippen molar-refractivity contribution < 1.29 is 9.53 Å². The van der Waals surface area contributed by atoms with Crippen LogP contribution in [-0.2, 0) is 9.53 Å². The van der Waals surface area contributed by atoms with E-state index in [1.807, 2.05) is 0 Å². The molecule has 0 aliphatic carbocycles. The summed E-state index contributed by atoms with van der Waals surface area (Å²) in [5, 5.41) is 6.04. The third kappa shape index (κ3) is 2.45. The molecule has 0 spiro atoms. The summed E-state index contributed by atoms with van der Waals surface area (Å²) in [5.74, 6) is 0.404. The first kappa shape index (κ1) is 9.93. The van der Waals surface area contributed by atoms with E-state index in [1.54, 1.807) is 0 Å². The molecule has 1 amide bonds. The average molecular weight is 198 g/mol. The molecule has 2 aliphatic rings. The first-order chi connectivity index (χ1) is 6.86. The Balaban J connectivity index is 1.55. The zero-order valence-electron chi connectivity index (χ0n) is 8.42. The quantitative estimate of drug-likeness (QED) is 0.663. The maximum Gasteiger partial charge on any atom is 0.225 e. The van der Waals surface area contributed by atoms with E-state index >= 15 is 0 Å². The van der Waals surface area contributed by atoms with Crippen LogP contribution < -0.4 is 10.6 Å². The molecule has 2 N–H and O–H groups in total. The fourth-order valence-electron chi connectivity index (χ4n) is 1.85. The largest absolute Gasteiger partial charge is 0.378 e. The molecular weight excluding hydrogens is 180 g/mol. The summed E-state index contributed by atoms with van der Waals surface area (Å²) in [6.07, 6.45) is 3.67. The Labute approximate surface area is 84.4 Å². The number of amides is 1. The summed E-state index contributed by atoms with van der Waals surface area (Å²) in [6.45, 7) is 3.34. The van der Waals surface area contributed by atoms with Gasteiger partial charge in [-0.1, -0.05) is 0 Å². The maximum atomic E-state index is 11.4. The van der Waals surface area contributed by atoms with Gasteiger partial charge in [0.1, 0.15) is 0 Å². The molecule has 2 rings (SSSR count). The van der Waals surface area contributed by atoms with Gasteiger partial charge in [0.25, 0.3) is 0 Å². The monoisotopic (exact) mass is 198 g/mol. The van der Waals surface area contributed by atoms with Crippen LogP contribution in [0.1, 0.15) is 19.3 Å². The van der Waals surface area contributed by atoms with Crippen LogP contribution in [-0.4, -0.2) is 38.3 Å². The summed E-state index contributed by atoms with van der Waals surface area (Å²) < 4.78 is 5.47. The summed E-state index contributed by atoms with van der Waals surface area (Å²) >= 11 is 0. The Morgan fingerprint density at radius 2 is 2.36 bits per heavy atom. The highest BCUT2D eigenvalue weighted by molar-refractivity contribution is 5.79. The van der Waals surface area contributed by atoms with Crippen LogP contribution in [0, 0.1) is 5.92 Å². The van der Waals surface area contributed by atoms with Crippen LogP contribution in [0.15, 0.2) is 0 Å². The van der Waals surface area contributed by atoms with Gasteiger partial charge in [0, 0.05) is 26.2 Å². The second-order valence-electron chi connectivity index (χ2n) is 4.07. The van der Waals surface area contributed by atoms with Gasteiger partial charge in [-0.15, -0.1) is 0 Å². The zero-order chi connectivity index (χ0) is 9.80. The Morgan fingerprint density at radius 1 is 1.50 bits per heavy atom. The fraction of sp³-hybridized carbons (Fsp3) is 0.900. The molecule has 1 atom stereocenters. The molecule has 2 heterocycles. The number of carbonyl (C=O) groups excluding carboxylic acids is 1. The van der Waals surface area contributed by atoms with Gasteiger partial charge in [0.2, 0.25) is 5.91 Å². The highest BCUT2D eigenvalue weighted by atomic mass is 16.5. The van der Waals surface area contributed by atoms with Crippen molar-refractivity contribution in [3.8, 4) is 0 Å². The van der Waals surface area contributed by atoms with Gasteiger partial charge in [-0.2, -0.15) is 0 Å². The topological polar surface area (TPSA) is 50.4 Å². The van der Waals surface area contributed by atoms with E-state index in [0.717, 1.165) is 39.1 Å². The molecule has 2 fully saturated rings. The molecule has 2 aliphatic heterocycles. The van der Waals surface area contributed by atoms with E-state index in [-0.39, 0.29) is 11.8 Å². The molecule has 2 saturated heterocycles. The Bertz CT molecular complexity index is 198. The van der Waals surface area contributed by atoms with Crippen LogP contribution in [0.25, 0.3) is 0 Å². The van der Waals surface area contributed by atoms with E-state index in [0.29, 0.717) is 6.10 Å².